The SMILES string of the molecule is Cn1cnc(Oc2ncc(Br)cc2F)n1. The predicted octanol–water partition coefficient (Wildman–Crippen LogP) is 1.90. The van der Waals surface area contributed by atoms with Gasteiger partial charge >= 0.3 is 6.01 Å². The van der Waals surface area contributed by atoms with Crippen LogP contribution in [0.3, 0.4) is 0 Å². The van der Waals surface area contributed by atoms with E-state index in [1.54, 1.807) is 7.05 Å². The highest BCUT2D eigenvalue weighted by Crippen LogP contribution is 2.21. The molecule has 2 heterocycles. The molecule has 0 aromatic carbocycles. The summed E-state index contributed by atoms with van der Waals surface area (Å²) in [5, 5.41) is 3.83. The minimum atomic E-state index is -0.572. The zero-order valence-electron chi connectivity index (χ0n) is 7.69. The molecule has 2 aromatic rings. The molecule has 0 unspecified atom stereocenters. The van der Waals surface area contributed by atoms with Gasteiger partial charge in [0.05, 0.1) is 0 Å². The average Bonchev–Trinajstić information content (AvgIpc) is 2.56. The van der Waals surface area contributed by atoms with Crippen LogP contribution in [-0.2, 0) is 7.05 Å². The molecule has 5 nitrogen and oxygen atoms in total. The molecule has 15 heavy (non-hydrogen) atoms. The van der Waals surface area contributed by atoms with Crippen molar-refractivity contribution in [1.29, 1.82) is 0 Å². The van der Waals surface area contributed by atoms with E-state index in [0.29, 0.717) is 4.47 Å². The van der Waals surface area contributed by atoms with Gasteiger partial charge in [-0.1, -0.05) is 0 Å². The largest absolute Gasteiger partial charge is 0.401 e. The summed E-state index contributed by atoms with van der Waals surface area (Å²) in [6.45, 7) is 0. The monoisotopic (exact) mass is 272 g/mol. The van der Waals surface area contributed by atoms with Crippen molar-refractivity contribution in [2.24, 2.45) is 7.05 Å². The molecule has 0 amide bonds. The molecule has 0 radical (unpaired) electrons. The van der Waals surface area contributed by atoms with Crippen LogP contribution in [0.4, 0.5) is 4.39 Å². The molecule has 78 valence electrons. The number of halogens is 2. The van der Waals surface area contributed by atoms with Gasteiger partial charge in [-0.15, -0.1) is 5.10 Å². The van der Waals surface area contributed by atoms with Crippen molar-refractivity contribution in [2.75, 3.05) is 0 Å². The molecule has 2 rings (SSSR count). The van der Waals surface area contributed by atoms with Gasteiger partial charge in [0.15, 0.2) is 5.82 Å². The van der Waals surface area contributed by atoms with Crippen LogP contribution in [0.25, 0.3) is 0 Å². The molecule has 0 saturated carbocycles. The van der Waals surface area contributed by atoms with E-state index in [1.807, 2.05) is 0 Å². The topological polar surface area (TPSA) is 52.8 Å². The van der Waals surface area contributed by atoms with Gasteiger partial charge in [-0.25, -0.2) is 9.37 Å². The first kappa shape index (κ1) is 10.0. The van der Waals surface area contributed by atoms with Crippen LogP contribution in [-0.4, -0.2) is 19.7 Å². The molecule has 0 atom stereocenters. The van der Waals surface area contributed by atoms with E-state index >= 15 is 0 Å². The predicted molar refractivity (Wildman–Crippen MR) is 53.0 cm³/mol. The number of ether oxygens (including phenoxy) is 1. The molecule has 0 N–H and O–H groups in total. The lowest BCUT2D eigenvalue weighted by molar-refractivity contribution is 0.391. The van der Waals surface area contributed by atoms with Gasteiger partial charge < -0.3 is 4.74 Å². The Hall–Kier alpha value is -1.50. The molecule has 0 aliphatic rings. The second-order valence-electron chi connectivity index (χ2n) is 2.74. The number of aromatic nitrogens is 4. The number of pyridine rings is 1. The minimum absolute atomic E-state index is 0.0613. The molecule has 0 bridgehead atoms. The Labute approximate surface area is 93.0 Å². The Morgan fingerprint density at radius 3 is 2.87 bits per heavy atom. The molecule has 0 saturated heterocycles. The fourth-order valence-electron chi connectivity index (χ4n) is 0.930. The first-order chi connectivity index (χ1) is 7.15. The molecular weight excluding hydrogens is 267 g/mol. The maximum atomic E-state index is 13.3. The van der Waals surface area contributed by atoms with Gasteiger partial charge in [0.2, 0.25) is 0 Å². The van der Waals surface area contributed by atoms with E-state index < -0.39 is 5.82 Å². The Kier molecular flexibility index (Phi) is 2.63. The zero-order chi connectivity index (χ0) is 10.8. The van der Waals surface area contributed by atoms with Gasteiger partial charge in [0.25, 0.3) is 5.88 Å². The van der Waals surface area contributed by atoms with Gasteiger partial charge in [-0.2, -0.15) is 4.98 Å². The Morgan fingerprint density at radius 1 is 1.47 bits per heavy atom. The van der Waals surface area contributed by atoms with Crippen molar-refractivity contribution < 1.29 is 9.13 Å². The third-order valence-corrected chi connectivity index (χ3v) is 1.97. The van der Waals surface area contributed by atoms with Crippen LogP contribution >= 0.6 is 15.9 Å². The lowest BCUT2D eigenvalue weighted by atomic mass is 10.5. The first-order valence-corrected chi connectivity index (χ1v) is 4.79. The number of hydrogen-bond donors (Lipinski definition) is 0. The quantitative estimate of drug-likeness (QED) is 0.838. The third kappa shape index (κ3) is 2.30. The van der Waals surface area contributed by atoms with E-state index in [2.05, 4.69) is 31.0 Å². The van der Waals surface area contributed by atoms with E-state index in [1.165, 1.54) is 23.3 Å². The smallest absolute Gasteiger partial charge is 0.342 e. The van der Waals surface area contributed by atoms with Crippen LogP contribution in [0.1, 0.15) is 0 Å². The molecule has 7 heteroatoms. The van der Waals surface area contributed by atoms with Crippen LogP contribution in [0.2, 0.25) is 0 Å². The van der Waals surface area contributed by atoms with Crippen molar-refractivity contribution in [2.45, 2.75) is 0 Å². The highest BCUT2D eigenvalue weighted by atomic mass is 79.9. The highest BCUT2D eigenvalue weighted by Gasteiger charge is 2.09. The maximum absolute atomic E-state index is 13.3. The van der Waals surface area contributed by atoms with Crippen molar-refractivity contribution in [1.82, 2.24) is 19.7 Å². The lowest BCUT2D eigenvalue weighted by Gasteiger charge is -2.00. The van der Waals surface area contributed by atoms with E-state index in [0.717, 1.165) is 0 Å². The molecule has 0 spiro atoms. The second kappa shape index (κ2) is 3.93. The molecule has 0 aliphatic heterocycles. The molecule has 0 fully saturated rings. The van der Waals surface area contributed by atoms with Gasteiger partial charge in [0.1, 0.15) is 6.33 Å². The van der Waals surface area contributed by atoms with Crippen molar-refractivity contribution in [3.63, 3.8) is 0 Å². The van der Waals surface area contributed by atoms with Gasteiger partial charge in [0, 0.05) is 17.7 Å². The Morgan fingerprint density at radius 2 is 2.27 bits per heavy atom. The number of aryl methyl sites for hydroxylation is 1. The fraction of sp³-hybridized carbons (Fsp3) is 0.125. The summed E-state index contributed by atoms with van der Waals surface area (Å²) < 4.78 is 20.3. The summed E-state index contributed by atoms with van der Waals surface area (Å²) in [6.07, 6.45) is 2.88. The normalized spacial score (nSPS) is 10.3. The number of nitrogens with zero attached hydrogens (tertiary/aromatic N) is 4. The minimum Gasteiger partial charge on any atom is -0.401 e. The molecule has 0 aliphatic carbocycles. The summed E-state index contributed by atoms with van der Waals surface area (Å²) in [5.74, 6) is -0.721. The summed E-state index contributed by atoms with van der Waals surface area (Å²) >= 11 is 3.09. The van der Waals surface area contributed by atoms with Crippen LogP contribution in [0.5, 0.6) is 11.9 Å². The molecular formula is C8H6BrFN4O. The van der Waals surface area contributed by atoms with Crippen LogP contribution < -0.4 is 4.74 Å². The van der Waals surface area contributed by atoms with E-state index in [4.69, 9.17) is 4.74 Å². The van der Waals surface area contributed by atoms with Crippen molar-refractivity contribution in [3.05, 3.63) is 28.9 Å². The Bertz CT molecular complexity index is 487. The van der Waals surface area contributed by atoms with Gasteiger partial charge in [-0.3, -0.25) is 4.68 Å². The van der Waals surface area contributed by atoms with E-state index in [-0.39, 0.29) is 11.9 Å². The summed E-state index contributed by atoms with van der Waals surface area (Å²) in [4.78, 5) is 7.53. The van der Waals surface area contributed by atoms with Gasteiger partial charge in [-0.05, 0) is 22.0 Å². The standard InChI is InChI=1S/C8H6BrFN4O/c1-14-4-12-8(13-14)15-7-6(10)2-5(9)3-11-7/h2-4H,1H3. The number of hydrogen-bond acceptors (Lipinski definition) is 4. The fourth-order valence-corrected chi connectivity index (χ4v) is 1.23. The van der Waals surface area contributed by atoms with Crippen molar-refractivity contribution in [3.8, 4) is 11.9 Å². The van der Waals surface area contributed by atoms with Crippen molar-refractivity contribution >= 4 is 15.9 Å². The second-order valence-corrected chi connectivity index (χ2v) is 3.66. The van der Waals surface area contributed by atoms with E-state index in [9.17, 15) is 4.39 Å². The third-order valence-electron chi connectivity index (χ3n) is 1.54. The number of rotatable bonds is 2. The summed E-state index contributed by atoms with van der Waals surface area (Å²) in [6, 6.07) is 1.32. The zero-order valence-corrected chi connectivity index (χ0v) is 9.27. The summed E-state index contributed by atoms with van der Waals surface area (Å²) in [5.41, 5.74) is 0. The first-order valence-electron chi connectivity index (χ1n) is 3.99. The molecule has 2 aromatic heterocycles. The summed E-state index contributed by atoms with van der Waals surface area (Å²) in [7, 11) is 1.69. The maximum Gasteiger partial charge on any atom is 0.342 e. The average molecular weight is 273 g/mol. The highest BCUT2D eigenvalue weighted by molar-refractivity contribution is 9.10. The van der Waals surface area contributed by atoms with Crippen LogP contribution in [0, 0.1) is 5.82 Å². The lowest BCUT2D eigenvalue weighted by Crippen LogP contribution is -1.94. The Balaban J connectivity index is 2.24. The van der Waals surface area contributed by atoms with Crippen LogP contribution in [0.15, 0.2) is 23.1 Å².